The van der Waals surface area contributed by atoms with E-state index in [1.165, 1.54) is 4.57 Å². The van der Waals surface area contributed by atoms with E-state index in [1.54, 1.807) is 24.1 Å². The van der Waals surface area contributed by atoms with Crippen LogP contribution in [0.1, 0.15) is 5.82 Å². The summed E-state index contributed by atoms with van der Waals surface area (Å²) in [6, 6.07) is 7.28. The summed E-state index contributed by atoms with van der Waals surface area (Å²) >= 11 is 5.22. The molecule has 0 amide bonds. The molecule has 0 atom stereocenters. The molecule has 0 spiro atoms. The summed E-state index contributed by atoms with van der Waals surface area (Å²) in [4.78, 5) is 19.5. The van der Waals surface area contributed by atoms with Crippen LogP contribution in [0.3, 0.4) is 0 Å². The van der Waals surface area contributed by atoms with E-state index in [4.69, 9.17) is 12.2 Å². The van der Waals surface area contributed by atoms with Crippen LogP contribution in [0.5, 0.6) is 0 Å². The van der Waals surface area contributed by atoms with Crippen molar-refractivity contribution in [3.63, 3.8) is 0 Å². The molecule has 0 aliphatic carbocycles. The zero-order valence-electron chi connectivity index (χ0n) is 10.2. The first-order valence-electron chi connectivity index (χ1n) is 5.71. The second kappa shape index (κ2) is 4.43. The molecule has 0 aliphatic heterocycles. The monoisotopic (exact) mass is 273 g/mol. The largest absolute Gasteiger partial charge is 0.332 e. The van der Waals surface area contributed by atoms with Crippen LogP contribution in [0.4, 0.5) is 0 Å². The molecule has 0 fully saturated rings. The van der Waals surface area contributed by atoms with E-state index in [1.807, 2.05) is 18.2 Å². The van der Waals surface area contributed by atoms with Gasteiger partial charge in [0.15, 0.2) is 10.6 Å². The van der Waals surface area contributed by atoms with Gasteiger partial charge in [0.2, 0.25) is 0 Å². The van der Waals surface area contributed by atoms with Crippen molar-refractivity contribution >= 4 is 23.1 Å². The molecular formula is C12H11N5OS. The molecule has 19 heavy (non-hydrogen) atoms. The first kappa shape index (κ1) is 11.8. The van der Waals surface area contributed by atoms with Gasteiger partial charge in [-0.05, 0) is 24.4 Å². The average Bonchev–Trinajstić information content (AvgIpc) is 2.80. The molecule has 3 rings (SSSR count). The number of rotatable bonds is 2. The van der Waals surface area contributed by atoms with Gasteiger partial charge in [-0.15, -0.1) is 0 Å². The number of para-hydroxylation sites is 1. The molecule has 6 nitrogen and oxygen atoms in total. The van der Waals surface area contributed by atoms with Gasteiger partial charge in [0.1, 0.15) is 6.33 Å². The first-order chi connectivity index (χ1) is 9.15. The van der Waals surface area contributed by atoms with Crippen molar-refractivity contribution < 1.29 is 0 Å². The van der Waals surface area contributed by atoms with Crippen molar-refractivity contribution in [3.8, 4) is 0 Å². The number of nitrogens with one attached hydrogen (secondary N) is 1. The van der Waals surface area contributed by atoms with Gasteiger partial charge in [-0.1, -0.05) is 12.1 Å². The zero-order chi connectivity index (χ0) is 13.4. The lowest BCUT2D eigenvalue weighted by molar-refractivity contribution is 0.673. The topological polar surface area (TPSA) is 68.5 Å². The van der Waals surface area contributed by atoms with Gasteiger partial charge in [0, 0.05) is 7.05 Å². The number of H-pyrrole nitrogens is 1. The SMILES string of the molecule is Cn1cnc(Cn2c(=S)[nH]c3ccccc3c2=O)n1. The molecule has 96 valence electrons. The number of aromatic nitrogens is 5. The van der Waals surface area contributed by atoms with Crippen LogP contribution < -0.4 is 5.56 Å². The van der Waals surface area contributed by atoms with Crippen molar-refractivity contribution in [2.75, 3.05) is 0 Å². The third-order valence-electron chi connectivity index (χ3n) is 2.84. The second-order valence-electron chi connectivity index (χ2n) is 4.20. The summed E-state index contributed by atoms with van der Waals surface area (Å²) in [5, 5.41) is 4.76. The van der Waals surface area contributed by atoms with Crippen molar-refractivity contribution in [2.45, 2.75) is 6.54 Å². The van der Waals surface area contributed by atoms with Gasteiger partial charge in [-0.2, -0.15) is 5.10 Å². The average molecular weight is 273 g/mol. The molecule has 0 saturated heterocycles. The molecule has 0 radical (unpaired) electrons. The van der Waals surface area contributed by atoms with Gasteiger partial charge in [0.25, 0.3) is 5.56 Å². The molecule has 0 saturated carbocycles. The fraction of sp³-hybridized carbons (Fsp3) is 0.167. The Morgan fingerprint density at radius 1 is 1.37 bits per heavy atom. The van der Waals surface area contributed by atoms with E-state index in [-0.39, 0.29) is 12.1 Å². The summed E-state index contributed by atoms with van der Waals surface area (Å²) in [7, 11) is 1.78. The Balaban J connectivity index is 2.18. The third-order valence-corrected chi connectivity index (χ3v) is 3.16. The van der Waals surface area contributed by atoms with Crippen LogP contribution in [-0.4, -0.2) is 24.3 Å². The molecule has 0 bridgehead atoms. The van der Waals surface area contributed by atoms with Crippen molar-refractivity contribution in [2.24, 2.45) is 7.05 Å². The molecule has 2 aromatic heterocycles. The van der Waals surface area contributed by atoms with Gasteiger partial charge in [-0.3, -0.25) is 14.0 Å². The Morgan fingerprint density at radius 3 is 2.89 bits per heavy atom. The third kappa shape index (κ3) is 2.08. The molecule has 3 aromatic rings. The van der Waals surface area contributed by atoms with Crippen LogP contribution in [0.15, 0.2) is 35.4 Å². The number of benzene rings is 1. The highest BCUT2D eigenvalue weighted by Gasteiger charge is 2.07. The highest BCUT2D eigenvalue weighted by Crippen LogP contribution is 2.06. The van der Waals surface area contributed by atoms with Crippen LogP contribution in [0.25, 0.3) is 10.9 Å². The molecular weight excluding hydrogens is 262 g/mol. The lowest BCUT2D eigenvalue weighted by Gasteiger charge is -2.05. The number of nitrogens with zero attached hydrogens (tertiary/aromatic N) is 4. The summed E-state index contributed by atoms with van der Waals surface area (Å²) in [6.07, 6.45) is 1.59. The fourth-order valence-corrected chi connectivity index (χ4v) is 2.20. The molecule has 2 heterocycles. The van der Waals surface area contributed by atoms with Crippen LogP contribution in [0.2, 0.25) is 0 Å². The second-order valence-corrected chi connectivity index (χ2v) is 4.59. The number of aryl methyl sites for hydroxylation is 1. The van der Waals surface area contributed by atoms with Crippen LogP contribution in [-0.2, 0) is 13.6 Å². The van der Waals surface area contributed by atoms with Crippen LogP contribution >= 0.6 is 12.2 Å². The van der Waals surface area contributed by atoms with Gasteiger partial charge in [0.05, 0.1) is 17.4 Å². The summed E-state index contributed by atoms with van der Waals surface area (Å²) in [5.41, 5.74) is 0.606. The lowest BCUT2D eigenvalue weighted by Crippen LogP contribution is -2.23. The minimum Gasteiger partial charge on any atom is -0.332 e. The normalized spacial score (nSPS) is 11.0. The Kier molecular flexibility index (Phi) is 2.75. The molecule has 0 unspecified atom stereocenters. The Morgan fingerprint density at radius 2 is 2.16 bits per heavy atom. The van der Waals surface area contributed by atoms with Gasteiger partial charge >= 0.3 is 0 Å². The lowest BCUT2D eigenvalue weighted by atomic mass is 10.2. The van der Waals surface area contributed by atoms with Gasteiger partial charge in [-0.25, -0.2) is 4.98 Å². The summed E-state index contributed by atoms with van der Waals surface area (Å²) in [6.45, 7) is 0.264. The van der Waals surface area contributed by atoms with Gasteiger partial charge < -0.3 is 4.98 Å². The predicted molar refractivity (Wildman–Crippen MR) is 73.5 cm³/mol. The Labute approximate surface area is 113 Å². The highest BCUT2D eigenvalue weighted by molar-refractivity contribution is 7.71. The molecule has 1 aromatic carbocycles. The highest BCUT2D eigenvalue weighted by atomic mass is 32.1. The maximum Gasteiger partial charge on any atom is 0.262 e. The predicted octanol–water partition coefficient (Wildman–Crippen LogP) is 1.24. The molecule has 7 heteroatoms. The fourth-order valence-electron chi connectivity index (χ4n) is 1.94. The molecule has 1 N–H and O–H groups in total. The number of aromatic amines is 1. The minimum absolute atomic E-state index is 0.133. The smallest absolute Gasteiger partial charge is 0.262 e. The van der Waals surface area contributed by atoms with Crippen molar-refractivity contribution in [1.82, 2.24) is 24.3 Å². The van der Waals surface area contributed by atoms with E-state index in [0.717, 1.165) is 5.52 Å². The van der Waals surface area contributed by atoms with Crippen molar-refractivity contribution in [3.05, 3.63) is 51.5 Å². The van der Waals surface area contributed by atoms with E-state index < -0.39 is 0 Å². The number of hydrogen-bond donors (Lipinski definition) is 1. The maximum absolute atomic E-state index is 12.4. The van der Waals surface area contributed by atoms with E-state index in [9.17, 15) is 4.79 Å². The maximum atomic E-state index is 12.4. The van der Waals surface area contributed by atoms with E-state index in [2.05, 4.69) is 15.1 Å². The van der Waals surface area contributed by atoms with Crippen molar-refractivity contribution in [1.29, 1.82) is 0 Å². The quantitative estimate of drug-likeness (QED) is 0.713. The van der Waals surface area contributed by atoms with E-state index >= 15 is 0 Å². The Bertz CT molecular complexity index is 860. The standard InChI is InChI=1S/C12H11N5OS/c1-16-7-13-10(15-16)6-17-11(18)8-4-2-3-5-9(8)14-12(17)19/h2-5,7H,6H2,1H3,(H,14,19). The minimum atomic E-state index is -0.133. The summed E-state index contributed by atoms with van der Waals surface area (Å²) in [5.74, 6) is 0.555. The van der Waals surface area contributed by atoms with E-state index in [0.29, 0.717) is 16.0 Å². The first-order valence-corrected chi connectivity index (χ1v) is 6.12. The molecule has 0 aliphatic rings. The zero-order valence-corrected chi connectivity index (χ0v) is 11.0. The van der Waals surface area contributed by atoms with Crippen LogP contribution in [0, 0.1) is 4.77 Å². The summed E-state index contributed by atoms with van der Waals surface area (Å²) < 4.78 is 3.43. The number of hydrogen-bond acceptors (Lipinski definition) is 4. The Hall–Kier alpha value is -2.28. The number of fused-ring (bicyclic) bond motifs is 1.